The fraction of sp³-hybridized carbons (Fsp3) is 0.611. The molecule has 1 amide bonds. The summed E-state index contributed by atoms with van der Waals surface area (Å²) in [5.41, 5.74) is 7.36. The highest BCUT2D eigenvalue weighted by atomic mass is 16.2. The lowest BCUT2D eigenvalue weighted by Gasteiger charge is -2.35. The van der Waals surface area contributed by atoms with E-state index in [2.05, 4.69) is 11.9 Å². The normalized spacial score (nSPS) is 18.5. The van der Waals surface area contributed by atoms with Crippen LogP contribution in [0.2, 0.25) is 0 Å². The predicted molar refractivity (Wildman–Crippen MR) is 90.0 cm³/mol. The lowest BCUT2D eigenvalue weighted by molar-refractivity contribution is -0.133. The Morgan fingerprint density at radius 3 is 2.52 bits per heavy atom. The first kappa shape index (κ1) is 17.6. The van der Waals surface area contributed by atoms with Gasteiger partial charge in [-0.05, 0) is 50.2 Å². The molecule has 1 unspecified atom stereocenters. The number of aromatic nitrogens is 1. The highest BCUT2D eigenvalue weighted by Crippen LogP contribution is 2.28. The molecule has 0 spiro atoms. The van der Waals surface area contributed by atoms with Gasteiger partial charge in [0.25, 0.3) is 0 Å². The van der Waals surface area contributed by atoms with E-state index in [1.54, 1.807) is 19.3 Å². The summed E-state index contributed by atoms with van der Waals surface area (Å²) in [6, 6.07) is 1.46. The molecule has 0 saturated carbocycles. The molecular formula is C18H27N3O2. The highest BCUT2D eigenvalue weighted by Gasteiger charge is 2.28. The van der Waals surface area contributed by atoms with Gasteiger partial charge in [-0.15, -0.1) is 0 Å². The number of Topliss-reactive ketones (excluding diaryl/α,β-unsaturated/α-hetero) is 1. The van der Waals surface area contributed by atoms with E-state index in [0.717, 1.165) is 31.5 Å². The Morgan fingerprint density at radius 2 is 1.96 bits per heavy atom. The number of ketones is 1. The van der Waals surface area contributed by atoms with Crippen molar-refractivity contribution in [3.05, 3.63) is 29.6 Å². The molecule has 23 heavy (non-hydrogen) atoms. The number of likely N-dealkylation sites (tertiary alicyclic amines) is 1. The summed E-state index contributed by atoms with van der Waals surface area (Å²) < 4.78 is 0. The van der Waals surface area contributed by atoms with Crippen molar-refractivity contribution in [2.45, 2.75) is 46.1 Å². The van der Waals surface area contributed by atoms with Gasteiger partial charge in [0.1, 0.15) is 0 Å². The molecule has 5 nitrogen and oxygen atoms in total. The summed E-state index contributed by atoms with van der Waals surface area (Å²) in [5.74, 6) is 0.977. The molecule has 2 rings (SSSR count). The topological polar surface area (TPSA) is 76.3 Å². The molecule has 2 heterocycles. The lowest BCUT2D eigenvalue weighted by atomic mass is 9.82. The summed E-state index contributed by atoms with van der Waals surface area (Å²) in [6.07, 6.45) is 5.83. The molecule has 2 atom stereocenters. The second-order valence-corrected chi connectivity index (χ2v) is 6.81. The van der Waals surface area contributed by atoms with Gasteiger partial charge in [-0.2, -0.15) is 0 Å². The Balaban J connectivity index is 1.86. The Morgan fingerprint density at radius 1 is 1.30 bits per heavy atom. The van der Waals surface area contributed by atoms with E-state index in [1.807, 2.05) is 17.9 Å². The number of pyridine rings is 1. The minimum absolute atomic E-state index is 0.0259. The van der Waals surface area contributed by atoms with Crippen LogP contribution in [0.25, 0.3) is 0 Å². The van der Waals surface area contributed by atoms with Gasteiger partial charge in [-0.1, -0.05) is 6.92 Å². The maximum Gasteiger partial charge on any atom is 0.239 e. The van der Waals surface area contributed by atoms with Crippen LogP contribution in [-0.4, -0.2) is 40.7 Å². The van der Waals surface area contributed by atoms with Crippen molar-refractivity contribution in [2.75, 3.05) is 13.1 Å². The summed E-state index contributed by atoms with van der Waals surface area (Å²) in [5, 5.41) is 0. The van der Waals surface area contributed by atoms with Gasteiger partial charge in [-0.25, -0.2) is 0 Å². The van der Waals surface area contributed by atoms with Crippen LogP contribution in [0.1, 0.15) is 49.0 Å². The van der Waals surface area contributed by atoms with Crippen LogP contribution >= 0.6 is 0 Å². The molecule has 126 valence electrons. The van der Waals surface area contributed by atoms with Crippen LogP contribution in [0.15, 0.2) is 18.5 Å². The van der Waals surface area contributed by atoms with Gasteiger partial charge in [-0.3, -0.25) is 14.6 Å². The van der Waals surface area contributed by atoms with Crippen LogP contribution in [0.3, 0.4) is 0 Å². The molecule has 0 radical (unpaired) electrons. The third kappa shape index (κ3) is 4.61. The van der Waals surface area contributed by atoms with Gasteiger partial charge in [0, 0.05) is 37.5 Å². The van der Waals surface area contributed by atoms with Gasteiger partial charge in [0.2, 0.25) is 5.91 Å². The number of amides is 1. The van der Waals surface area contributed by atoms with Crippen LogP contribution < -0.4 is 5.73 Å². The Bertz CT molecular complexity index is 563. The first-order chi connectivity index (χ1) is 10.9. The number of nitrogens with two attached hydrogens (primary N) is 1. The van der Waals surface area contributed by atoms with E-state index in [9.17, 15) is 9.59 Å². The fourth-order valence-electron chi connectivity index (χ4n) is 3.26. The van der Waals surface area contributed by atoms with Crippen molar-refractivity contribution in [1.82, 2.24) is 9.88 Å². The third-order valence-electron chi connectivity index (χ3n) is 4.75. The smallest absolute Gasteiger partial charge is 0.239 e. The molecule has 5 heteroatoms. The fourth-order valence-corrected chi connectivity index (χ4v) is 3.26. The van der Waals surface area contributed by atoms with E-state index >= 15 is 0 Å². The van der Waals surface area contributed by atoms with Gasteiger partial charge in [0.05, 0.1) is 6.04 Å². The second kappa shape index (κ2) is 7.68. The summed E-state index contributed by atoms with van der Waals surface area (Å²) >= 11 is 0. The quantitative estimate of drug-likeness (QED) is 0.845. The van der Waals surface area contributed by atoms with Crippen molar-refractivity contribution in [2.24, 2.45) is 17.6 Å². The number of hydrogen-bond acceptors (Lipinski definition) is 4. The Labute approximate surface area is 138 Å². The molecule has 1 aliphatic heterocycles. The van der Waals surface area contributed by atoms with E-state index in [0.29, 0.717) is 23.8 Å². The number of aryl methyl sites for hydroxylation is 1. The van der Waals surface area contributed by atoms with E-state index in [-0.39, 0.29) is 11.7 Å². The van der Waals surface area contributed by atoms with Crippen LogP contribution in [-0.2, 0) is 4.79 Å². The average Bonchev–Trinajstić information content (AvgIpc) is 2.54. The first-order valence-electron chi connectivity index (χ1n) is 8.37. The van der Waals surface area contributed by atoms with Gasteiger partial charge in [0.15, 0.2) is 5.78 Å². The monoisotopic (exact) mass is 317 g/mol. The average molecular weight is 317 g/mol. The third-order valence-corrected chi connectivity index (χ3v) is 4.75. The van der Waals surface area contributed by atoms with Crippen LogP contribution in [0.5, 0.6) is 0 Å². The Hall–Kier alpha value is -1.75. The standard InChI is InChI=1S/C18H27N3O2/c1-12-8-16(11-20-10-12)17(22)9-13(2)15-4-6-21(7-5-15)18(23)14(3)19/h8,10-11,13-15H,4-7,9,19H2,1-3H3/t13?,14-/m0/s1. The SMILES string of the molecule is Cc1cncc(C(=O)CC(C)C2CCN(C(=O)[C@H](C)N)CC2)c1. The number of carbonyl (C=O) groups is 2. The molecule has 2 N–H and O–H groups in total. The van der Waals surface area contributed by atoms with E-state index in [1.165, 1.54) is 0 Å². The first-order valence-corrected chi connectivity index (χ1v) is 8.37. The van der Waals surface area contributed by atoms with Crippen LogP contribution in [0, 0.1) is 18.8 Å². The van der Waals surface area contributed by atoms with Crippen molar-refractivity contribution in [1.29, 1.82) is 0 Å². The number of carbonyl (C=O) groups excluding carboxylic acids is 2. The summed E-state index contributed by atoms with van der Waals surface area (Å²) in [4.78, 5) is 30.2. The zero-order valence-corrected chi connectivity index (χ0v) is 14.3. The molecule has 0 aliphatic carbocycles. The second-order valence-electron chi connectivity index (χ2n) is 6.81. The minimum Gasteiger partial charge on any atom is -0.341 e. The molecule has 1 aliphatic rings. The van der Waals surface area contributed by atoms with E-state index in [4.69, 9.17) is 5.73 Å². The van der Waals surface area contributed by atoms with Crippen molar-refractivity contribution >= 4 is 11.7 Å². The molecule has 1 aromatic heterocycles. The lowest BCUT2D eigenvalue weighted by Crippen LogP contribution is -2.46. The largest absolute Gasteiger partial charge is 0.341 e. The zero-order valence-electron chi connectivity index (χ0n) is 14.3. The molecule has 0 aromatic carbocycles. The summed E-state index contributed by atoms with van der Waals surface area (Å²) in [7, 11) is 0. The van der Waals surface area contributed by atoms with Gasteiger partial charge >= 0.3 is 0 Å². The number of piperidine rings is 1. The molecule has 0 bridgehead atoms. The van der Waals surface area contributed by atoms with Crippen molar-refractivity contribution in [3.63, 3.8) is 0 Å². The van der Waals surface area contributed by atoms with Crippen molar-refractivity contribution in [3.8, 4) is 0 Å². The maximum atomic E-state index is 12.4. The van der Waals surface area contributed by atoms with Crippen molar-refractivity contribution < 1.29 is 9.59 Å². The van der Waals surface area contributed by atoms with E-state index < -0.39 is 6.04 Å². The molecule has 1 aromatic rings. The number of hydrogen-bond donors (Lipinski definition) is 1. The molecule has 1 saturated heterocycles. The summed E-state index contributed by atoms with van der Waals surface area (Å²) in [6.45, 7) is 7.30. The minimum atomic E-state index is -0.431. The van der Waals surface area contributed by atoms with Gasteiger partial charge < -0.3 is 10.6 Å². The highest BCUT2D eigenvalue weighted by molar-refractivity contribution is 5.96. The Kier molecular flexibility index (Phi) is 5.88. The number of rotatable bonds is 5. The van der Waals surface area contributed by atoms with Crippen LogP contribution in [0.4, 0.5) is 0 Å². The maximum absolute atomic E-state index is 12.4. The molecule has 1 fully saturated rings. The molecular weight excluding hydrogens is 290 g/mol. The zero-order chi connectivity index (χ0) is 17.0. The number of nitrogens with zero attached hydrogens (tertiary/aromatic N) is 2. The predicted octanol–water partition coefficient (Wildman–Crippen LogP) is 2.18.